The molecule has 2 aromatic carbocycles. The Morgan fingerprint density at radius 1 is 0.952 bits per heavy atom. The van der Waals surface area contributed by atoms with Crippen LogP contribution in [0.2, 0.25) is 0 Å². The summed E-state index contributed by atoms with van der Waals surface area (Å²) in [5, 5.41) is 3.88. The van der Waals surface area contributed by atoms with Gasteiger partial charge >= 0.3 is 0 Å². The van der Waals surface area contributed by atoms with E-state index in [0.29, 0.717) is 18.2 Å². The van der Waals surface area contributed by atoms with Gasteiger partial charge in [-0.05, 0) is 42.0 Å². The summed E-state index contributed by atoms with van der Waals surface area (Å²) in [5.41, 5.74) is 5.59. The van der Waals surface area contributed by atoms with Crippen molar-refractivity contribution >= 4 is 0 Å². The molecule has 2 nitrogen and oxygen atoms in total. The van der Waals surface area contributed by atoms with Crippen LogP contribution >= 0.6 is 0 Å². The summed E-state index contributed by atoms with van der Waals surface area (Å²) in [6.45, 7) is 3.04. The molecule has 1 fully saturated rings. The summed E-state index contributed by atoms with van der Waals surface area (Å²) < 4.78 is 5.67. The van der Waals surface area contributed by atoms with Gasteiger partial charge in [0.05, 0.1) is 12.1 Å². The van der Waals surface area contributed by atoms with Crippen molar-refractivity contribution in [3.63, 3.8) is 0 Å². The number of fused-ring (bicyclic) bond motifs is 3. The van der Waals surface area contributed by atoms with Crippen LogP contribution in [0.5, 0.6) is 0 Å². The Labute approximate surface area is 126 Å². The van der Waals surface area contributed by atoms with Gasteiger partial charge in [0.1, 0.15) is 0 Å². The molecule has 2 aromatic rings. The third kappa shape index (κ3) is 2.29. The third-order valence-corrected chi connectivity index (χ3v) is 4.72. The van der Waals surface area contributed by atoms with E-state index in [1.54, 1.807) is 0 Å². The molecule has 21 heavy (non-hydrogen) atoms. The van der Waals surface area contributed by atoms with E-state index >= 15 is 0 Å². The normalized spacial score (nSPS) is 24.6. The summed E-state index contributed by atoms with van der Waals surface area (Å²) in [4.78, 5) is 0. The quantitative estimate of drug-likeness (QED) is 0.900. The molecule has 2 unspecified atom stereocenters. The second kappa shape index (κ2) is 5.28. The molecular weight excluding hydrogens is 258 g/mol. The number of ether oxygens (including phenoxy) is 1. The highest BCUT2D eigenvalue weighted by Gasteiger charge is 2.30. The zero-order chi connectivity index (χ0) is 14.2. The molecular formula is C19H21NO. The van der Waals surface area contributed by atoms with E-state index in [4.69, 9.17) is 4.74 Å². The Morgan fingerprint density at radius 3 is 2.19 bits per heavy atom. The molecule has 1 N–H and O–H groups in total. The van der Waals surface area contributed by atoms with E-state index in [0.717, 1.165) is 19.4 Å². The minimum Gasteiger partial charge on any atom is -0.378 e. The first-order valence-electron chi connectivity index (χ1n) is 7.89. The minimum absolute atomic E-state index is 0.327. The second-order valence-corrected chi connectivity index (χ2v) is 6.18. The molecule has 2 atom stereocenters. The number of benzene rings is 2. The molecule has 0 bridgehead atoms. The largest absolute Gasteiger partial charge is 0.378 e. The topological polar surface area (TPSA) is 21.3 Å². The number of hydrogen-bond acceptors (Lipinski definition) is 2. The molecule has 108 valence electrons. The van der Waals surface area contributed by atoms with Gasteiger partial charge in [-0.25, -0.2) is 0 Å². The Kier molecular flexibility index (Phi) is 3.28. The molecule has 0 aromatic heterocycles. The van der Waals surface area contributed by atoms with E-state index in [1.807, 2.05) is 0 Å². The minimum atomic E-state index is 0.327. The summed E-state index contributed by atoms with van der Waals surface area (Å²) in [7, 11) is 0. The average molecular weight is 279 g/mol. The smallest absolute Gasteiger partial charge is 0.0591 e. The lowest BCUT2D eigenvalue weighted by molar-refractivity contribution is 0.0121. The predicted octanol–water partition coefficient (Wildman–Crippen LogP) is 3.91. The highest BCUT2D eigenvalue weighted by molar-refractivity contribution is 5.78. The number of rotatable bonds is 2. The van der Waals surface area contributed by atoms with Gasteiger partial charge in [0.25, 0.3) is 0 Å². The van der Waals surface area contributed by atoms with Crippen LogP contribution in [0.25, 0.3) is 11.1 Å². The van der Waals surface area contributed by atoms with Crippen LogP contribution in [0.15, 0.2) is 48.5 Å². The van der Waals surface area contributed by atoms with Gasteiger partial charge in [0.2, 0.25) is 0 Å². The molecule has 4 rings (SSSR count). The molecule has 1 saturated heterocycles. The molecule has 0 spiro atoms. The van der Waals surface area contributed by atoms with Gasteiger partial charge in [-0.1, -0.05) is 48.5 Å². The van der Waals surface area contributed by atoms with Crippen LogP contribution in [0.3, 0.4) is 0 Å². The van der Waals surface area contributed by atoms with Crippen LogP contribution in [-0.4, -0.2) is 18.8 Å². The highest BCUT2D eigenvalue weighted by Crippen LogP contribution is 2.43. The lowest BCUT2D eigenvalue weighted by atomic mass is 9.99. The molecule has 1 heterocycles. The maximum absolute atomic E-state index is 5.67. The lowest BCUT2D eigenvalue weighted by Crippen LogP contribution is -2.39. The Balaban J connectivity index is 1.68. The van der Waals surface area contributed by atoms with Crippen LogP contribution in [-0.2, 0) is 4.74 Å². The van der Waals surface area contributed by atoms with Crippen molar-refractivity contribution in [2.45, 2.75) is 38.0 Å². The first-order chi connectivity index (χ1) is 10.3. The van der Waals surface area contributed by atoms with Crippen molar-refractivity contribution in [2.24, 2.45) is 0 Å². The predicted molar refractivity (Wildman–Crippen MR) is 85.3 cm³/mol. The SMILES string of the molecule is CC1CC(NC2c3ccccc3-c3ccccc32)CCO1. The standard InChI is InChI=1S/C19H21NO/c1-13-12-14(10-11-21-13)20-19-17-8-4-2-6-15(17)16-7-3-5-9-18(16)19/h2-9,13-14,19-20H,10-12H2,1H3. The molecule has 2 heteroatoms. The lowest BCUT2D eigenvalue weighted by Gasteiger charge is -2.31. The van der Waals surface area contributed by atoms with Gasteiger partial charge in [0.15, 0.2) is 0 Å². The first kappa shape index (κ1) is 13.1. The van der Waals surface area contributed by atoms with Gasteiger partial charge in [-0.15, -0.1) is 0 Å². The van der Waals surface area contributed by atoms with Crippen LogP contribution in [0, 0.1) is 0 Å². The third-order valence-electron chi connectivity index (χ3n) is 4.72. The zero-order valence-corrected chi connectivity index (χ0v) is 12.4. The first-order valence-corrected chi connectivity index (χ1v) is 7.89. The fraction of sp³-hybridized carbons (Fsp3) is 0.368. The average Bonchev–Trinajstić information content (AvgIpc) is 2.83. The molecule has 0 radical (unpaired) electrons. The Hall–Kier alpha value is -1.64. The van der Waals surface area contributed by atoms with E-state index in [2.05, 4.69) is 60.8 Å². The van der Waals surface area contributed by atoms with Gasteiger partial charge in [0, 0.05) is 12.6 Å². The highest BCUT2D eigenvalue weighted by atomic mass is 16.5. The Bertz CT molecular complexity index is 606. The second-order valence-electron chi connectivity index (χ2n) is 6.18. The van der Waals surface area contributed by atoms with Crippen molar-refractivity contribution < 1.29 is 4.74 Å². The molecule has 1 aliphatic heterocycles. The van der Waals surface area contributed by atoms with Crippen molar-refractivity contribution in [3.8, 4) is 11.1 Å². The van der Waals surface area contributed by atoms with Crippen LogP contribution in [0.4, 0.5) is 0 Å². The molecule has 2 aliphatic rings. The maximum Gasteiger partial charge on any atom is 0.0591 e. The maximum atomic E-state index is 5.67. The molecule has 0 saturated carbocycles. The van der Waals surface area contributed by atoms with Gasteiger partial charge in [-0.2, -0.15) is 0 Å². The molecule has 1 aliphatic carbocycles. The summed E-state index contributed by atoms with van der Waals surface area (Å²) in [6, 6.07) is 18.4. The van der Waals surface area contributed by atoms with E-state index < -0.39 is 0 Å². The fourth-order valence-electron chi connectivity index (χ4n) is 3.72. The molecule has 0 amide bonds. The van der Waals surface area contributed by atoms with Gasteiger partial charge < -0.3 is 10.1 Å². The Morgan fingerprint density at radius 2 is 1.57 bits per heavy atom. The van der Waals surface area contributed by atoms with E-state index in [1.165, 1.54) is 22.3 Å². The van der Waals surface area contributed by atoms with Crippen molar-refractivity contribution in [1.29, 1.82) is 0 Å². The van der Waals surface area contributed by atoms with Crippen LogP contribution in [0.1, 0.15) is 36.9 Å². The van der Waals surface area contributed by atoms with Crippen molar-refractivity contribution in [2.75, 3.05) is 6.61 Å². The monoisotopic (exact) mass is 279 g/mol. The summed E-state index contributed by atoms with van der Waals surface area (Å²) >= 11 is 0. The van der Waals surface area contributed by atoms with Crippen molar-refractivity contribution in [3.05, 3.63) is 59.7 Å². The summed E-state index contributed by atoms with van der Waals surface area (Å²) in [5.74, 6) is 0. The number of nitrogens with one attached hydrogen (secondary N) is 1. The van der Waals surface area contributed by atoms with Gasteiger partial charge in [-0.3, -0.25) is 0 Å². The van der Waals surface area contributed by atoms with Crippen molar-refractivity contribution in [1.82, 2.24) is 5.32 Å². The summed E-state index contributed by atoms with van der Waals surface area (Å²) in [6.07, 6.45) is 2.56. The van der Waals surface area contributed by atoms with E-state index in [9.17, 15) is 0 Å². The number of hydrogen-bond donors (Lipinski definition) is 1. The zero-order valence-electron chi connectivity index (χ0n) is 12.4. The fourth-order valence-corrected chi connectivity index (χ4v) is 3.72. The van der Waals surface area contributed by atoms with Crippen LogP contribution < -0.4 is 5.32 Å². The van der Waals surface area contributed by atoms with E-state index in [-0.39, 0.29) is 0 Å².